The van der Waals surface area contributed by atoms with Crippen LogP contribution in [0.4, 0.5) is 0 Å². The molecule has 5 heteroatoms. The fourth-order valence-electron chi connectivity index (χ4n) is 2.73. The molecule has 1 N–H and O–H groups in total. The predicted molar refractivity (Wildman–Crippen MR) is 80.3 cm³/mol. The zero-order valence-corrected chi connectivity index (χ0v) is 12.3. The highest BCUT2D eigenvalue weighted by Gasteiger charge is 2.15. The number of hydrogen-bond acceptors (Lipinski definition) is 2. The van der Waals surface area contributed by atoms with Crippen molar-refractivity contribution < 1.29 is 4.74 Å². The standard InChI is InChI=1S/C14H17ClN2OS/c15-11-6-3-7-12-13(11)16-14(19)17(12)8-9-18-10-4-1-2-5-10/h3,6-7,10H,1-2,4-5,8-9H2,(H,16,19). The highest BCUT2D eigenvalue weighted by molar-refractivity contribution is 7.71. The number of H-pyrrole nitrogens is 1. The van der Waals surface area contributed by atoms with E-state index >= 15 is 0 Å². The van der Waals surface area contributed by atoms with E-state index < -0.39 is 0 Å². The molecule has 102 valence electrons. The second-order valence-corrected chi connectivity index (χ2v) is 5.79. The zero-order valence-electron chi connectivity index (χ0n) is 10.7. The second kappa shape index (κ2) is 5.65. The van der Waals surface area contributed by atoms with E-state index in [9.17, 15) is 0 Å². The van der Waals surface area contributed by atoms with Crippen molar-refractivity contribution in [2.45, 2.75) is 38.3 Å². The first-order chi connectivity index (χ1) is 9.25. The fourth-order valence-corrected chi connectivity index (χ4v) is 3.24. The number of nitrogens with one attached hydrogen (secondary N) is 1. The van der Waals surface area contributed by atoms with Gasteiger partial charge in [-0.3, -0.25) is 0 Å². The molecule has 3 rings (SSSR count). The number of hydrogen-bond donors (Lipinski definition) is 1. The second-order valence-electron chi connectivity index (χ2n) is 4.99. The number of para-hydroxylation sites is 1. The maximum Gasteiger partial charge on any atom is 0.178 e. The minimum atomic E-state index is 0.447. The topological polar surface area (TPSA) is 29.9 Å². The van der Waals surface area contributed by atoms with Gasteiger partial charge >= 0.3 is 0 Å². The van der Waals surface area contributed by atoms with Gasteiger partial charge in [0.15, 0.2) is 4.77 Å². The van der Waals surface area contributed by atoms with Crippen molar-refractivity contribution in [2.24, 2.45) is 0 Å². The summed E-state index contributed by atoms with van der Waals surface area (Å²) in [6.45, 7) is 1.48. The Morgan fingerprint density at radius 3 is 2.95 bits per heavy atom. The predicted octanol–water partition coefficient (Wildman–Crippen LogP) is 4.31. The molecular formula is C14H17ClN2OS. The monoisotopic (exact) mass is 296 g/mol. The average Bonchev–Trinajstić information content (AvgIpc) is 3.00. The Kier molecular flexibility index (Phi) is 3.91. The summed E-state index contributed by atoms with van der Waals surface area (Å²) in [5, 5.41) is 0.707. The van der Waals surface area contributed by atoms with Gasteiger partial charge in [-0.25, -0.2) is 0 Å². The number of rotatable bonds is 4. The molecule has 1 aromatic carbocycles. The third-order valence-corrected chi connectivity index (χ3v) is 4.37. The molecule has 1 saturated carbocycles. The van der Waals surface area contributed by atoms with Crippen LogP contribution in [-0.2, 0) is 11.3 Å². The molecule has 0 unspecified atom stereocenters. The number of aromatic amines is 1. The molecule has 1 heterocycles. The highest BCUT2D eigenvalue weighted by atomic mass is 35.5. The minimum absolute atomic E-state index is 0.447. The summed E-state index contributed by atoms with van der Waals surface area (Å²) in [6.07, 6.45) is 5.44. The molecule has 3 nitrogen and oxygen atoms in total. The lowest BCUT2D eigenvalue weighted by molar-refractivity contribution is 0.0533. The van der Waals surface area contributed by atoms with Crippen molar-refractivity contribution in [2.75, 3.05) is 6.61 Å². The summed E-state index contributed by atoms with van der Waals surface area (Å²) >= 11 is 11.5. The number of benzene rings is 1. The fraction of sp³-hybridized carbons (Fsp3) is 0.500. The minimum Gasteiger partial charge on any atom is -0.376 e. The quantitative estimate of drug-likeness (QED) is 0.852. The van der Waals surface area contributed by atoms with Gasteiger partial charge in [-0.1, -0.05) is 30.5 Å². The number of aromatic nitrogens is 2. The summed E-state index contributed by atoms with van der Waals surface area (Å²) in [5.74, 6) is 0. The van der Waals surface area contributed by atoms with Gasteiger partial charge in [0.1, 0.15) is 0 Å². The van der Waals surface area contributed by atoms with E-state index in [-0.39, 0.29) is 0 Å². The van der Waals surface area contributed by atoms with Gasteiger partial charge in [0.2, 0.25) is 0 Å². The van der Waals surface area contributed by atoms with Gasteiger partial charge in [-0.15, -0.1) is 0 Å². The SMILES string of the molecule is S=c1[nH]c2c(Cl)cccc2n1CCOC1CCCC1. The Morgan fingerprint density at radius 1 is 1.37 bits per heavy atom. The molecule has 1 aliphatic carbocycles. The summed E-state index contributed by atoms with van der Waals surface area (Å²) in [4.78, 5) is 3.16. The lowest BCUT2D eigenvalue weighted by atomic mass is 10.3. The van der Waals surface area contributed by atoms with Crippen LogP contribution in [-0.4, -0.2) is 22.3 Å². The van der Waals surface area contributed by atoms with E-state index in [1.165, 1.54) is 25.7 Å². The zero-order chi connectivity index (χ0) is 13.2. The maximum absolute atomic E-state index is 6.16. The smallest absolute Gasteiger partial charge is 0.178 e. The largest absolute Gasteiger partial charge is 0.376 e. The molecule has 1 fully saturated rings. The Morgan fingerprint density at radius 2 is 2.16 bits per heavy atom. The molecule has 1 aliphatic rings. The van der Waals surface area contributed by atoms with Gasteiger partial charge in [0.05, 0.1) is 28.8 Å². The van der Waals surface area contributed by atoms with E-state index in [0.29, 0.717) is 22.5 Å². The Labute approximate surface area is 122 Å². The molecule has 1 aromatic heterocycles. The third-order valence-electron chi connectivity index (χ3n) is 3.73. The summed E-state index contributed by atoms with van der Waals surface area (Å²) < 4.78 is 8.66. The Balaban J connectivity index is 1.75. The van der Waals surface area contributed by atoms with Crippen LogP contribution >= 0.6 is 23.8 Å². The van der Waals surface area contributed by atoms with Gasteiger partial charge < -0.3 is 14.3 Å². The number of halogens is 1. The maximum atomic E-state index is 6.16. The number of fused-ring (bicyclic) bond motifs is 1. The first-order valence-electron chi connectivity index (χ1n) is 6.74. The molecule has 0 spiro atoms. The lowest BCUT2D eigenvalue weighted by Gasteiger charge is -2.11. The van der Waals surface area contributed by atoms with Gasteiger partial charge in [0.25, 0.3) is 0 Å². The first-order valence-corrected chi connectivity index (χ1v) is 7.53. The highest BCUT2D eigenvalue weighted by Crippen LogP contribution is 2.23. The van der Waals surface area contributed by atoms with Crippen molar-refractivity contribution in [3.8, 4) is 0 Å². The summed E-state index contributed by atoms with van der Waals surface area (Å²) in [5.41, 5.74) is 1.96. The van der Waals surface area contributed by atoms with E-state index in [1.54, 1.807) is 0 Å². The molecule has 0 atom stereocenters. The average molecular weight is 297 g/mol. The van der Waals surface area contributed by atoms with Crippen LogP contribution in [0.25, 0.3) is 11.0 Å². The van der Waals surface area contributed by atoms with Crippen LogP contribution in [0.2, 0.25) is 5.02 Å². The molecule has 0 aliphatic heterocycles. The van der Waals surface area contributed by atoms with E-state index in [4.69, 9.17) is 28.6 Å². The normalized spacial score (nSPS) is 16.5. The van der Waals surface area contributed by atoms with Crippen molar-refractivity contribution >= 4 is 34.9 Å². The van der Waals surface area contributed by atoms with Crippen LogP contribution in [0.3, 0.4) is 0 Å². The van der Waals surface area contributed by atoms with E-state index in [2.05, 4.69) is 9.55 Å². The summed E-state index contributed by atoms with van der Waals surface area (Å²) in [7, 11) is 0. The van der Waals surface area contributed by atoms with E-state index in [0.717, 1.165) is 17.6 Å². The first kappa shape index (κ1) is 13.2. The van der Waals surface area contributed by atoms with Crippen LogP contribution < -0.4 is 0 Å². The van der Waals surface area contributed by atoms with Gasteiger partial charge in [-0.05, 0) is 37.2 Å². The van der Waals surface area contributed by atoms with Crippen molar-refractivity contribution in [1.29, 1.82) is 0 Å². The Bertz CT molecular complexity index is 628. The van der Waals surface area contributed by atoms with Crippen LogP contribution in [0, 0.1) is 4.77 Å². The molecular weight excluding hydrogens is 280 g/mol. The number of ether oxygens (including phenoxy) is 1. The van der Waals surface area contributed by atoms with E-state index in [1.807, 2.05) is 18.2 Å². The molecule has 0 radical (unpaired) electrons. The van der Waals surface area contributed by atoms with Crippen LogP contribution in [0.1, 0.15) is 25.7 Å². The van der Waals surface area contributed by atoms with Gasteiger partial charge in [-0.2, -0.15) is 0 Å². The van der Waals surface area contributed by atoms with Crippen molar-refractivity contribution in [1.82, 2.24) is 9.55 Å². The van der Waals surface area contributed by atoms with Crippen molar-refractivity contribution in [3.05, 3.63) is 28.0 Å². The molecule has 0 saturated heterocycles. The van der Waals surface area contributed by atoms with Crippen molar-refractivity contribution in [3.63, 3.8) is 0 Å². The molecule has 0 bridgehead atoms. The molecule has 0 amide bonds. The Hall–Kier alpha value is -0.840. The number of nitrogens with zero attached hydrogens (tertiary/aromatic N) is 1. The molecule has 19 heavy (non-hydrogen) atoms. The summed E-state index contributed by atoms with van der Waals surface area (Å²) in [6, 6.07) is 5.85. The van der Waals surface area contributed by atoms with Crippen LogP contribution in [0.15, 0.2) is 18.2 Å². The molecule has 2 aromatic rings. The van der Waals surface area contributed by atoms with Gasteiger partial charge in [0, 0.05) is 6.54 Å². The lowest BCUT2D eigenvalue weighted by Crippen LogP contribution is -2.13. The van der Waals surface area contributed by atoms with Crippen LogP contribution in [0.5, 0.6) is 0 Å². The third kappa shape index (κ3) is 2.71. The number of imidazole rings is 1.